The van der Waals surface area contributed by atoms with Gasteiger partial charge in [-0.2, -0.15) is 5.26 Å². The van der Waals surface area contributed by atoms with Crippen molar-refractivity contribution in [3.8, 4) is 17.2 Å². The average molecular weight is 395 g/mol. The maximum atomic E-state index is 14.5. The van der Waals surface area contributed by atoms with Crippen LogP contribution in [0.15, 0.2) is 30.5 Å². The molecule has 1 aliphatic carbocycles. The molecule has 3 aromatic rings. The van der Waals surface area contributed by atoms with E-state index in [4.69, 9.17) is 5.26 Å². The predicted octanol–water partition coefficient (Wildman–Crippen LogP) is 3.11. The largest absolute Gasteiger partial charge is 0.346 e. The van der Waals surface area contributed by atoms with Crippen LogP contribution in [0, 0.1) is 28.9 Å². The third-order valence-electron chi connectivity index (χ3n) is 4.64. The highest BCUT2D eigenvalue weighted by Crippen LogP contribution is 2.34. The summed E-state index contributed by atoms with van der Waals surface area (Å²) in [6.45, 7) is -0.363. The van der Waals surface area contributed by atoms with Gasteiger partial charge in [-0.15, -0.1) is 0 Å². The second-order valence-corrected chi connectivity index (χ2v) is 6.71. The topological polar surface area (TPSA) is 111 Å². The van der Waals surface area contributed by atoms with E-state index in [-0.39, 0.29) is 29.8 Å². The lowest BCUT2D eigenvalue weighted by atomic mass is 10.0. The molecule has 0 aliphatic heterocycles. The minimum absolute atomic E-state index is 0.0271. The molecule has 9 heteroatoms. The molecule has 3 N–H and O–H groups in total. The maximum absolute atomic E-state index is 14.5. The fraction of sp³-hybridized carbons (Fsp3) is 0.200. The minimum Gasteiger partial charge on any atom is -0.346 e. The number of H-pyrrole nitrogens is 1. The Hall–Kier alpha value is -3.80. The van der Waals surface area contributed by atoms with Crippen LogP contribution < -0.4 is 10.6 Å². The minimum atomic E-state index is -1.06. The number of benzene rings is 1. The molecule has 0 radical (unpaired) electrons. The third kappa shape index (κ3) is 3.65. The zero-order chi connectivity index (χ0) is 20.5. The van der Waals surface area contributed by atoms with Gasteiger partial charge < -0.3 is 15.6 Å². The molecule has 4 rings (SSSR count). The van der Waals surface area contributed by atoms with Crippen molar-refractivity contribution in [3.05, 3.63) is 47.7 Å². The zero-order valence-electron chi connectivity index (χ0n) is 15.1. The molecule has 29 heavy (non-hydrogen) atoms. The first kappa shape index (κ1) is 18.6. The molecule has 1 fully saturated rings. The second-order valence-electron chi connectivity index (χ2n) is 6.71. The number of pyridine rings is 1. The smallest absolute Gasteiger partial charge is 0.258 e. The maximum Gasteiger partial charge on any atom is 0.258 e. The first-order valence-corrected chi connectivity index (χ1v) is 8.91. The first-order valence-electron chi connectivity index (χ1n) is 8.91. The zero-order valence-corrected chi connectivity index (χ0v) is 15.1. The lowest BCUT2D eigenvalue weighted by molar-refractivity contribution is -0.117. The number of fused-ring (bicyclic) bond motifs is 1. The van der Waals surface area contributed by atoms with Gasteiger partial charge in [-0.1, -0.05) is 0 Å². The van der Waals surface area contributed by atoms with E-state index in [1.54, 1.807) is 24.4 Å². The molecule has 0 atom stereocenters. The fourth-order valence-corrected chi connectivity index (χ4v) is 3.07. The molecule has 1 aliphatic rings. The number of hydrogen-bond donors (Lipinski definition) is 3. The SMILES string of the molecule is N#CCNC(=O)c1c(F)cc(-c2cc(NC(=O)C3CC3)nc3[nH]ccc23)cc1F. The molecule has 146 valence electrons. The van der Waals surface area contributed by atoms with Crippen LogP contribution >= 0.6 is 0 Å². The molecule has 2 heterocycles. The van der Waals surface area contributed by atoms with Gasteiger partial charge in [-0.3, -0.25) is 9.59 Å². The van der Waals surface area contributed by atoms with Crippen molar-refractivity contribution >= 4 is 28.7 Å². The van der Waals surface area contributed by atoms with Crippen molar-refractivity contribution in [2.75, 3.05) is 11.9 Å². The van der Waals surface area contributed by atoms with Crippen LogP contribution in [0.25, 0.3) is 22.2 Å². The number of nitrogens with one attached hydrogen (secondary N) is 3. The number of halogens is 2. The van der Waals surface area contributed by atoms with Gasteiger partial charge in [0.05, 0.1) is 6.07 Å². The van der Waals surface area contributed by atoms with E-state index in [1.807, 2.05) is 0 Å². The number of carbonyl (C=O) groups is 2. The van der Waals surface area contributed by atoms with Crippen LogP contribution in [0.3, 0.4) is 0 Å². The standard InChI is InChI=1S/C20H15F2N5O2/c21-14-7-11(8-15(22)17(14)20(29)25-6-4-23)13-9-16(27-19(28)10-1-2-10)26-18-12(13)3-5-24-18/h3,5,7-10H,1-2,6H2,(H,25,29)(H2,24,26,27,28). The summed E-state index contributed by atoms with van der Waals surface area (Å²) in [4.78, 5) is 31.2. The van der Waals surface area contributed by atoms with Gasteiger partial charge in [0.1, 0.15) is 35.2 Å². The van der Waals surface area contributed by atoms with Crippen molar-refractivity contribution in [1.29, 1.82) is 5.26 Å². The van der Waals surface area contributed by atoms with Crippen molar-refractivity contribution in [1.82, 2.24) is 15.3 Å². The number of rotatable bonds is 5. The Morgan fingerprint density at radius 3 is 2.62 bits per heavy atom. The molecule has 0 unspecified atom stereocenters. The Labute approximate surface area is 163 Å². The summed E-state index contributed by atoms with van der Waals surface area (Å²) in [6, 6.07) is 7.00. The molecule has 1 aromatic carbocycles. The number of nitrogens with zero attached hydrogens (tertiary/aromatic N) is 2. The van der Waals surface area contributed by atoms with Crippen molar-refractivity contribution in [3.63, 3.8) is 0 Å². The average Bonchev–Trinajstić information content (AvgIpc) is 3.43. The van der Waals surface area contributed by atoms with Crippen LogP contribution in [0.1, 0.15) is 23.2 Å². The predicted molar refractivity (Wildman–Crippen MR) is 101 cm³/mol. The molecule has 0 saturated heterocycles. The molecule has 0 bridgehead atoms. The lowest BCUT2D eigenvalue weighted by Crippen LogP contribution is -2.25. The molecular weight excluding hydrogens is 380 g/mol. The van der Waals surface area contributed by atoms with Gasteiger partial charge >= 0.3 is 0 Å². The summed E-state index contributed by atoms with van der Waals surface area (Å²) in [7, 11) is 0. The normalized spacial score (nSPS) is 13.1. The van der Waals surface area contributed by atoms with Crippen molar-refractivity contribution in [2.24, 2.45) is 5.92 Å². The summed E-state index contributed by atoms with van der Waals surface area (Å²) in [5.41, 5.74) is 0.325. The van der Waals surface area contributed by atoms with Gasteiger partial charge in [-0.05, 0) is 48.2 Å². The number of anilines is 1. The summed E-state index contributed by atoms with van der Waals surface area (Å²) in [6.07, 6.45) is 3.29. The number of aromatic amines is 1. The number of nitriles is 1. The highest BCUT2D eigenvalue weighted by Gasteiger charge is 2.30. The third-order valence-corrected chi connectivity index (χ3v) is 4.64. The van der Waals surface area contributed by atoms with Gasteiger partial charge in [0.25, 0.3) is 5.91 Å². The molecule has 0 spiro atoms. The first-order chi connectivity index (χ1) is 14.0. The Morgan fingerprint density at radius 2 is 1.97 bits per heavy atom. The van der Waals surface area contributed by atoms with Gasteiger partial charge in [0.15, 0.2) is 0 Å². The van der Waals surface area contributed by atoms with Crippen LogP contribution in [-0.2, 0) is 4.79 Å². The van der Waals surface area contributed by atoms with Gasteiger partial charge in [-0.25, -0.2) is 13.8 Å². The van der Waals surface area contributed by atoms with E-state index >= 15 is 0 Å². The Kier molecular flexibility index (Phi) is 4.68. The quantitative estimate of drug-likeness (QED) is 0.577. The van der Waals surface area contributed by atoms with E-state index in [9.17, 15) is 18.4 Å². The lowest BCUT2D eigenvalue weighted by Gasteiger charge is -2.11. The molecule has 1 saturated carbocycles. The Bertz CT molecular complexity index is 1150. The summed E-state index contributed by atoms with van der Waals surface area (Å²) >= 11 is 0. The Balaban J connectivity index is 1.75. The molecule has 7 nitrogen and oxygen atoms in total. The van der Waals surface area contributed by atoms with Crippen LogP contribution in [0.4, 0.5) is 14.6 Å². The molecule has 2 aromatic heterocycles. The van der Waals surface area contributed by atoms with Gasteiger partial charge in [0, 0.05) is 17.5 Å². The van der Waals surface area contributed by atoms with E-state index in [1.165, 1.54) is 0 Å². The van der Waals surface area contributed by atoms with E-state index in [0.29, 0.717) is 16.6 Å². The highest BCUT2D eigenvalue weighted by atomic mass is 19.1. The van der Waals surface area contributed by atoms with Crippen molar-refractivity contribution < 1.29 is 18.4 Å². The number of aromatic nitrogens is 2. The van der Waals surface area contributed by atoms with E-state index in [2.05, 4.69) is 20.6 Å². The summed E-state index contributed by atoms with van der Waals surface area (Å²) in [5, 5.41) is 14.0. The Morgan fingerprint density at radius 1 is 1.24 bits per heavy atom. The number of amides is 2. The number of carbonyl (C=O) groups excluding carboxylic acids is 2. The number of hydrogen-bond acceptors (Lipinski definition) is 4. The monoisotopic (exact) mass is 395 g/mol. The van der Waals surface area contributed by atoms with E-state index < -0.39 is 23.1 Å². The van der Waals surface area contributed by atoms with Crippen LogP contribution in [0.5, 0.6) is 0 Å². The second kappa shape index (κ2) is 7.31. The van der Waals surface area contributed by atoms with Gasteiger partial charge in [0.2, 0.25) is 5.91 Å². The van der Waals surface area contributed by atoms with Crippen LogP contribution in [0.2, 0.25) is 0 Å². The summed E-state index contributed by atoms with van der Waals surface area (Å²) < 4.78 is 29.1. The molecule has 2 amide bonds. The van der Waals surface area contributed by atoms with E-state index in [0.717, 1.165) is 25.0 Å². The van der Waals surface area contributed by atoms with Crippen LogP contribution in [-0.4, -0.2) is 28.3 Å². The fourth-order valence-electron chi connectivity index (χ4n) is 3.07. The highest BCUT2D eigenvalue weighted by molar-refractivity contribution is 6.00. The summed E-state index contributed by atoms with van der Waals surface area (Å²) in [5.74, 6) is -3.02. The van der Waals surface area contributed by atoms with Crippen molar-refractivity contribution in [2.45, 2.75) is 12.8 Å². The molecular formula is C20H15F2N5O2.